The van der Waals surface area contributed by atoms with Crippen LogP contribution in [0.2, 0.25) is 0 Å². The smallest absolute Gasteiger partial charge is 0.415 e. The molecule has 2 aliphatic heterocycles. The maximum absolute atomic E-state index is 14.4. The lowest BCUT2D eigenvalue weighted by Gasteiger charge is -2.32. The van der Waals surface area contributed by atoms with E-state index in [1.807, 2.05) is 163 Å². The second-order valence-electron chi connectivity index (χ2n) is 23.3. The fourth-order valence-corrected chi connectivity index (χ4v) is 11.9. The molecule has 1 aliphatic carbocycles. The van der Waals surface area contributed by atoms with E-state index in [0.29, 0.717) is 90.5 Å². The molecule has 78 heavy (non-hydrogen) atoms. The Kier molecular flexibility index (Phi) is 17.8. The monoisotopic (exact) mass is 1080 g/mol. The minimum absolute atomic E-state index is 0.148. The molecule has 7 rings (SSSR count). The van der Waals surface area contributed by atoms with Gasteiger partial charge in [-0.3, -0.25) is 0 Å². The fraction of sp³-hybridized carbons (Fsp3) is 0.548. The van der Waals surface area contributed by atoms with Crippen LogP contribution in [-0.2, 0) is 25.7 Å². The Balaban J connectivity index is 1.58. The van der Waals surface area contributed by atoms with Crippen molar-refractivity contribution in [3.63, 3.8) is 0 Å². The Labute approximate surface area is 462 Å². The molecule has 424 valence electrons. The molecule has 0 radical (unpaired) electrons. The van der Waals surface area contributed by atoms with Crippen LogP contribution in [0, 0.1) is 27.7 Å². The lowest BCUT2D eigenvalue weighted by Crippen LogP contribution is -2.44. The number of rotatable bonds is 12. The number of benzene rings is 4. The number of amides is 4. The van der Waals surface area contributed by atoms with Gasteiger partial charge in [0.25, 0.3) is 0 Å². The topological polar surface area (TPSA) is 155 Å². The molecule has 4 aromatic carbocycles. The van der Waals surface area contributed by atoms with Gasteiger partial charge in [-0.1, -0.05) is 0 Å². The van der Waals surface area contributed by atoms with Crippen molar-refractivity contribution < 1.29 is 57.1 Å². The average molecular weight is 1080 g/mol. The van der Waals surface area contributed by atoms with Gasteiger partial charge >= 0.3 is 24.4 Å². The summed E-state index contributed by atoms with van der Waals surface area (Å²) in [7, 11) is 0. The van der Waals surface area contributed by atoms with Crippen molar-refractivity contribution in [2.45, 2.75) is 212 Å². The highest BCUT2D eigenvalue weighted by Crippen LogP contribution is 2.48. The standard InChI is InChI=1S/C62H84N4O12/c1-31(2)63(32(3)4)59(67)75-55-39(17)51-43-21-44-25-49(57(41(19)53(44)72-29-71-51)77-61(69)65(35(9)10)36(11)12)28-50-26-46-22-45-24-48(27-47(55)23-43)56(76-60(68)64(33(5)6)34(7)8)40(18)52(45)73-30-74-54(46)42(20)58(50)78-62(70)66(37(13)14)38(15)16/h23-26,31-38H,21-22,27-30H2,1-20H3. The first-order valence-electron chi connectivity index (χ1n) is 27.8. The minimum atomic E-state index is -0.525. The number of hydrogen-bond donors (Lipinski definition) is 0. The summed E-state index contributed by atoms with van der Waals surface area (Å²) in [5, 5.41) is 0. The highest BCUT2D eigenvalue weighted by atomic mass is 16.7. The highest BCUT2D eigenvalue weighted by Gasteiger charge is 2.35. The van der Waals surface area contributed by atoms with Crippen molar-refractivity contribution in [1.82, 2.24) is 19.6 Å². The lowest BCUT2D eigenvalue weighted by atomic mass is 9.87. The molecule has 0 unspecified atom stereocenters. The Morgan fingerprint density at radius 2 is 0.487 bits per heavy atom. The Bertz CT molecular complexity index is 2540. The fourth-order valence-electron chi connectivity index (χ4n) is 11.9. The van der Waals surface area contributed by atoms with E-state index in [1.165, 1.54) is 0 Å². The van der Waals surface area contributed by atoms with Crippen LogP contribution in [0.25, 0.3) is 0 Å². The van der Waals surface area contributed by atoms with E-state index in [9.17, 15) is 19.2 Å². The highest BCUT2D eigenvalue weighted by molar-refractivity contribution is 5.78. The molecule has 2 heterocycles. The molecule has 0 N–H and O–H groups in total. The van der Waals surface area contributed by atoms with Crippen LogP contribution in [0.5, 0.6) is 46.0 Å². The number of carbonyl (C=O) groups is 4. The molecule has 8 bridgehead atoms. The third kappa shape index (κ3) is 11.8. The first-order chi connectivity index (χ1) is 36.6. The van der Waals surface area contributed by atoms with Gasteiger partial charge in [-0.15, -0.1) is 0 Å². The van der Waals surface area contributed by atoms with E-state index < -0.39 is 24.4 Å². The molecular formula is C62H84N4O12. The third-order valence-electron chi connectivity index (χ3n) is 14.8. The minimum Gasteiger partial charge on any atom is -0.457 e. The maximum atomic E-state index is 14.4. The van der Waals surface area contributed by atoms with Gasteiger partial charge in [-0.2, -0.15) is 0 Å². The Morgan fingerprint density at radius 3 is 0.654 bits per heavy atom. The van der Waals surface area contributed by atoms with E-state index in [0.717, 1.165) is 22.3 Å². The zero-order valence-electron chi connectivity index (χ0n) is 49.9. The molecule has 0 atom stereocenters. The normalized spacial score (nSPS) is 13.6. The summed E-state index contributed by atoms with van der Waals surface area (Å²) in [6, 6.07) is 6.61. The zero-order chi connectivity index (χ0) is 57.5. The third-order valence-corrected chi connectivity index (χ3v) is 14.8. The molecule has 0 aromatic heterocycles. The molecule has 16 heteroatoms. The summed E-state index contributed by atoms with van der Waals surface area (Å²) in [5.74, 6) is 3.17. The summed E-state index contributed by atoms with van der Waals surface area (Å²) < 4.78 is 52.5. The molecule has 0 saturated carbocycles. The first-order valence-corrected chi connectivity index (χ1v) is 27.8. The van der Waals surface area contributed by atoms with Gasteiger partial charge in [0.2, 0.25) is 13.6 Å². The Morgan fingerprint density at radius 1 is 0.321 bits per heavy atom. The predicted molar refractivity (Wildman–Crippen MR) is 301 cm³/mol. The quantitative estimate of drug-likeness (QED) is 0.117. The Hall–Kier alpha value is -6.84. The number of fused-ring (bicyclic) bond motifs is 4. The largest absolute Gasteiger partial charge is 0.457 e. The number of ether oxygens (including phenoxy) is 8. The van der Waals surface area contributed by atoms with Crippen LogP contribution in [0.4, 0.5) is 19.2 Å². The molecule has 4 amide bonds. The van der Waals surface area contributed by atoms with Crippen LogP contribution in [0.1, 0.15) is 178 Å². The van der Waals surface area contributed by atoms with E-state index in [-0.39, 0.29) is 87.6 Å². The number of carbonyl (C=O) groups excluding carboxylic acids is 4. The molecule has 16 nitrogen and oxygen atoms in total. The van der Waals surface area contributed by atoms with Gasteiger partial charge in [-0.05, 0) is 185 Å². The second-order valence-corrected chi connectivity index (χ2v) is 23.3. The molecule has 0 spiro atoms. The van der Waals surface area contributed by atoms with Gasteiger partial charge in [0.05, 0.1) is 0 Å². The van der Waals surface area contributed by atoms with Crippen molar-refractivity contribution in [3.8, 4) is 46.0 Å². The zero-order valence-corrected chi connectivity index (χ0v) is 49.9. The van der Waals surface area contributed by atoms with Crippen molar-refractivity contribution >= 4 is 24.4 Å². The lowest BCUT2D eigenvalue weighted by molar-refractivity contribution is 0.110. The second kappa shape index (κ2) is 23.6. The summed E-state index contributed by atoms with van der Waals surface area (Å²) in [4.78, 5) is 64.5. The predicted octanol–water partition coefficient (Wildman–Crippen LogP) is 13.5. The molecule has 0 fully saturated rings. The summed E-state index contributed by atoms with van der Waals surface area (Å²) in [6.45, 7) is 38.2. The van der Waals surface area contributed by atoms with Crippen molar-refractivity contribution in [2.24, 2.45) is 0 Å². The van der Waals surface area contributed by atoms with Gasteiger partial charge in [-0.25, -0.2) is 19.2 Å². The van der Waals surface area contributed by atoms with Crippen molar-refractivity contribution in [1.29, 1.82) is 0 Å². The van der Waals surface area contributed by atoms with Gasteiger partial charge in [0.15, 0.2) is 0 Å². The van der Waals surface area contributed by atoms with E-state index in [4.69, 9.17) is 37.9 Å². The average Bonchev–Trinajstić information content (AvgIpc) is 3.29. The maximum Gasteiger partial charge on any atom is 0.415 e. The van der Waals surface area contributed by atoms with Crippen LogP contribution in [0.15, 0.2) is 24.3 Å². The van der Waals surface area contributed by atoms with Crippen molar-refractivity contribution in [3.05, 3.63) is 91.0 Å². The van der Waals surface area contributed by atoms with Crippen molar-refractivity contribution in [2.75, 3.05) is 13.6 Å². The van der Waals surface area contributed by atoms with E-state index in [1.54, 1.807) is 19.6 Å². The van der Waals surface area contributed by atoms with Crippen LogP contribution >= 0.6 is 0 Å². The van der Waals surface area contributed by atoms with Gasteiger partial charge in [0.1, 0.15) is 46.0 Å². The van der Waals surface area contributed by atoms with Crippen LogP contribution < -0.4 is 37.9 Å². The number of nitrogens with zero attached hydrogens (tertiary/aromatic N) is 4. The molecule has 4 aromatic rings. The van der Waals surface area contributed by atoms with E-state index >= 15 is 0 Å². The van der Waals surface area contributed by atoms with Gasteiger partial charge in [0, 0.05) is 119 Å². The van der Waals surface area contributed by atoms with Crippen LogP contribution in [0.3, 0.4) is 0 Å². The van der Waals surface area contributed by atoms with Gasteiger partial charge < -0.3 is 57.5 Å². The summed E-state index contributed by atoms with van der Waals surface area (Å²) in [5.41, 5.74) is 7.99. The SMILES string of the molecule is Cc1c2c3cc(c1OC(=O)N(C(C)C)C(C)C)Cc1cc4c(c(C)c1OC(=O)N(C(C)C)C(C)C)OCOc1c(cc(c(OC(=O)N(C(C)C)C(C)C)c1C)Cc1cc(c(c(C)c1OC(=O)N(C(C)C)C(C)C)OCO2)C3)C4. The van der Waals surface area contributed by atoms with Crippen LogP contribution in [-0.4, -0.2) is 106 Å². The summed E-state index contributed by atoms with van der Waals surface area (Å²) in [6.07, 6.45) is -1.26. The van der Waals surface area contributed by atoms with E-state index in [2.05, 4.69) is 0 Å². The first kappa shape index (κ1) is 58.8. The number of hydrogen-bond acceptors (Lipinski definition) is 12. The molecule has 0 saturated heterocycles. The molecule has 3 aliphatic rings. The summed E-state index contributed by atoms with van der Waals surface area (Å²) >= 11 is 0. The molecular weight excluding hydrogens is 993 g/mol.